The Morgan fingerprint density at radius 2 is 2.22 bits per heavy atom. The van der Waals surface area contributed by atoms with Crippen LogP contribution in [0.2, 0.25) is 0 Å². The number of rotatable bonds is 4. The van der Waals surface area contributed by atoms with Crippen LogP contribution in [0.5, 0.6) is 5.88 Å². The highest BCUT2D eigenvalue weighted by molar-refractivity contribution is 5.85. The molecule has 1 aromatic heterocycles. The highest BCUT2D eigenvalue weighted by Crippen LogP contribution is 2.21. The van der Waals surface area contributed by atoms with Gasteiger partial charge < -0.3 is 10.1 Å². The lowest BCUT2D eigenvalue weighted by Crippen LogP contribution is -2.00. The minimum Gasteiger partial charge on any atom is -0.478 e. The molecule has 0 amide bonds. The second-order valence-electron chi connectivity index (χ2n) is 3.71. The fourth-order valence-corrected chi connectivity index (χ4v) is 1.58. The van der Waals surface area contributed by atoms with Gasteiger partial charge in [-0.05, 0) is 17.7 Å². The Bertz CT molecular complexity index is 516. The zero-order valence-corrected chi connectivity index (χ0v) is 11.0. The van der Waals surface area contributed by atoms with E-state index in [-0.39, 0.29) is 18.2 Å². The lowest BCUT2D eigenvalue weighted by atomic mass is 10.2. The summed E-state index contributed by atoms with van der Waals surface area (Å²) >= 11 is 0. The maximum Gasteiger partial charge on any atom is 0.256 e. The van der Waals surface area contributed by atoms with Gasteiger partial charge in [-0.15, -0.1) is 17.5 Å². The van der Waals surface area contributed by atoms with Crippen LogP contribution in [-0.2, 0) is 13.6 Å². The van der Waals surface area contributed by atoms with E-state index in [1.807, 2.05) is 19.3 Å². The Balaban J connectivity index is 0.00000162. The van der Waals surface area contributed by atoms with Crippen LogP contribution in [0.25, 0.3) is 0 Å². The molecule has 0 saturated heterocycles. The van der Waals surface area contributed by atoms with E-state index in [2.05, 4.69) is 10.4 Å². The smallest absolute Gasteiger partial charge is 0.256 e. The summed E-state index contributed by atoms with van der Waals surface area (Å²) in [6.07, 6.45) is 1.82. The maximum absolute atomic E-state index is 13.0. The first-order valence-corrected chi connectivity index (χ1v) is 5.25. The van der Waals surface area contributed by atoms with Gasteiger partial charge in [0, 0.05) is 13.6 Å². The Morgan fingerprint density at radius 3 is 2.89 bits per heavy atom. The largest absolute Gasteiger partial charge is 0.478 e. The first-order chi connectivity index (χ1) is 8.19. The Labute approximate surface area is 111 Å². The molecular weight excluding hydrogens is 257 g/mol. The van der Waals surface area contributed by atoms with Crippen molar-refractivity contribution in [2.24, 2.45) is 7.05 Å². The van der Waals surface area contributed by atoms with Crippen molar-refractivity contribution in [1.29, 1.82) is 0 Å². The van der Waals surface area contributed by atoms with Crippen molar-refractivity contribution >= 4 is 18.1 Å². The van der Waals surface area contributed by atoms with Gasteiger partial charge in [0.25, 0.3) is 5.88 Å². The van der Waals surface area contributed by atoms with Gasteiger partial charge in [0.15, 0.2) is 0 Å². The summed E-state index contributed by atoms with van der Waals surface area (Å²) in [4.78, 5) is 0. The lowest BCUT2D eigenvalue weighted by molar-refractivity contribution is 0.393. The summed E-state index contributed by atoms with van der Waals surface area (Å²) in [5.74, 6) is 0.298. The minimum atomic E-state index is -0.234. The van der Waals surface area contributed by atoms with Gasteiger partial charge >= 0.3 is 0 Å². The van der Waals surface area contributed by atoms with Crippen LogP contribution in [0, 0.1) is 5.82 Å². The molecule has 0 aliphatic heterocycles. The summed E-state index contributed by atoms with van der Waals surface area (Å²) in [7, 11) is 3.38. The van der Waals surface area contributed by atoms with Crippen LogP contribution >= 0.6 is 12.4 Å². The van der Waals surface area contributed by atoms with Crippen molar-refractivity contribution in [3.05, 3.63) is 41.8 Å². The quantitative estimate of drug-likeness (QED) is 0.929. The molecule has 0 bridgehead atoms. The van der Waals surface area contributed by atoms with Crippen molar-refractivity contribution < 1.29 is 9.13 Å². The van der Waals surface area contributed by atoms with Crippen LogP contribution < -0.4 is 10.1 Å². The number of anilines is 1. The van der Waals surface area contributed by atoms with E-state index in [0.717, 1.165) is 11.3 Å². The Morgan fingerprint density at radius 1 is 1.44 bits per heavy atom. The van der Waals surface area contributed by atoms with Gasteiger partial charge in [-0.25, -0.2) is 4.39 Å². The molecule has 0 radical (unpaired) electrons. The number of aryl methyl sites for hydroxylation is 1. The maximum atomic E-state index is 13.0. The van der Waals surface area contributed by atoms with Gasteiger partial charge in [-0.1, -0.05) is 12.1 Å². The van der Waals surface area contributed by atoms with E-state index in [1.165, 1.54) is 12.1 Å². The van der Waals surface area contributed by atoms with E-state index in [9.17, 15) is 4.39 Å². The number of methoxy groups -OCH3 is 1. The number of nitrogens with one attached hydrogen (secondary N) is 1. The monoisotopic (exact) mass is 271 g/mol. The van der Waals surface area contributed by atoms with Crippen molar-refractivity contribution in [2.75, 3.05) is 12.4 Å². The van der Waals surface area contributed by atoms with E-state index < -0.39 is 0 Å². The van der Waals surface area contributed by atoms with E-state index in [0.29, 0.717) is 12.4 Å². The van der Waals surface area contributed by atoms with E-state index in [1.54, 1.807) is 17.9 Å². The molecule has 2 aromatic rings. The summed E-state index contributed by atoms with van der Waals surface area (Å²) in [6, 6.07) is 6.47. The van der Waals surface area contributed by atoms with Gasteiger partial charge in [0.2, 0.25) is 0 Å². The van der Waals surface area contributed by atoms with Crippen LogP contribution in [0.15, 0.2) is 30.5 Å². The number of benzene rings is 1. The van der Waals surface area contributed by atoms with E-state index in [4.69, 9.17) is 4.74 Å². The highest BCUT2D eigenvalue weighted by atomic mass is 35.5. The van der Waals surface area contributed by atoms with Gasteiger partial charge in [-0.3, -0.25) is 4.68 Å². The van der Waals surface area contributed by atoms with Gasteiger partial charge in [-0.2, -0.15) is 0 Å². The summed E-state index contributed by atoms with van der Waals surface area (Å²) < 4.78 is 19.7. The number of ether oxygens (including phenoxy) is 1. The summed E-state index contributed by atoms with van der Waals surface area (Å²) in [5, 5.41) is 7.27. The molecule has 0 fully saturated rings. The molecule has 2 rings (SSSR count). The first-order valence-electron chi connectivity index (χ1n) is 5.25. The topological polar surface area (TPSA) is 39.1 Å². The number of halogens is 2. The average Bonchev–Trinajstić information content (AvgIpc) is 2.67. The standard InChI is InChI=1S/C12H14FN3O.ClH/c1-16-8-11(12(15-16)17-2)14-7-9-4-3-5-10(13)6-9;/h3-6,8,14H,7H2,1-2H3;1H. The van der Waals surface area contributed by atoms with Gasteiger partial charge in [0.05, 0.1) is 13.3 Å². The highest BCUT2D eigenvalue weighted by Gasteiger charge is 2.06. The molecule has 4 nitrogen and oxygen atoms in total. The zero-order valence-electron chi connectivity index (χ0n) is 10.2. The first kappa shape index (κ1) is 14.3. The van der Waals surface area contributed by atoms with Crippen molar-refractivity contribution in [3.8, 4) is 5.88 Å². The molecule has 0 atom stereocenters. The SMILES string of the molecule is COc1nn(C)cc1NCc1cccc(F)c1.Cl. The molecule has 18 heavy (non-hydrogen) atoms. The molecule has 0 saturated carbocycles. The molecule has 6 heteroatoms. The van der Waals surface area contributed by atoms with Crippen LogP contribution in [0.1, 0.15) is 5.56 Å². The lowest BCUT2D eigenvalue weighted by Gasteiger charge is -2.05. The number of aromatic nitrogens is 2. The fraction of sp³-hybridized carbons (Fsp3) is 0.250. The molecular formula is C12H15ClFN3O. The number of hydrogen-bond acceptors (Lipinski definition) is 3. The fourth-order valence-electron chi connectivity index (χ4n) is 1.58. The summed E-state index contributed by atoms with van der Waals surface area (Å²) in [6.45, 7) is 0.528. The van der Waals surface area contributed by atoms with Crippen molar-refractivity contribution in [2.45, 2.75) is 6.54 Å². The third-order valence-corrected chi connectivity index (χ3v) is 2.36. The molecule has 0 aliphatic rings. The Kier molecular flexibility index (Phi) is 4.97. The minimum absolute atomic E-state index is 0. The van der Waals surface area contributed by atoms with E-state index >= 15 is 0 Å². The third-order valence-electron chi connectivity index (χ3n) is 2.36. The second-order valence-corrected chi connectivity index (χ2v) is 3.71. The predicted molar refractivity (Wildman–Crippen MR) is 70.7 cm³/mol. The zero-order chi connectivity index (χ0) is 12.3. The van der Waals surface area contributed by atoms with Crippen LogP contribution in [-0.4, -0.2) is 16.9 Å². The van der Waals surface area contributed by atoms with Crippen LogP contribution in [0.4, 0.5) is 10.1 Å². The molecule has 0 spiro atoms. The van der Waals surface area contributed by atoms with Crippen molar-refractivity contribution in [3.63, 3.8) is 0 Å². The molecule has 0 aliphatic carbocycles. The van der Waals surface area contributed by atoms with Crippen LogP contribution in [0.3, 0.4) is 0 Å². The number of hydrogen-bond donors (Lipinski definition) is 1. The normalized spacial score (nSPS) is 9.72. The molecule has 98 valence electrons. The molecule has 1 aromatic carbocycles. The molecule has 1 N–H and O–H groups in total. The van der Waals surface area contributed by atoms with Gasteiger partial charge in [0.1, 0.15) is 11.5 Å². The molecule has 1 heterocycles. The second kappa shape index (κ2) is 6.26. The summed E-state index contributed by atoms with van der Waals surface area (Å²) in [5.41, 5.74) is 1.66. The Hall–Kier alpha value is -1.75. The predicted octanol–water partition coefficient (Wildman–Crippen LogP) is 2.60. The average molecular weight is 272 g/mol. The third kappa shape index (κ3) is 3.37. The number of nitrogens with zero attached hydrogens (tertiary/aromatic N) is 2. The molecule has 0 unspecified atom stereocenters. The van der Waals surface area contributed by atoms with Crippen molar-refractivity contribution in [1.82, 2.24) is 9.78 Å².